The van der Waals surface area contributed by atoms with E-state index in [1.165, 1.54) is 0 Å². The van der Waals surface area contributed by atoms with Gasteiger partial charge in [0, 0.05) is 11.3 Å². The smallest absolute Gasteiger partial charge is 0.326 e. The van der Waals surface area contributed by atoms with Crippen LogP contribution in [0.15, 0.2) is 72.8 Å². The molecule has 3 aromatic rings. The fourth-order valence-electron chi connectivity index (χ4n) is 4.09. The van der Waals surface area contributed by atoms with Crippen LogP contribution in [0, 0.1) is 6.92 Å². The fraction of sp³-hybridized carbons (Fsp3) is 0.333. The van der Waals surface area contributed by atoms with Gasteiger partial charge in [-0.1, -0.05) is 80.9 Å². The molecule has 0 aliphatic heterocycles. The van der Waals surface area contributed by atoms with E-state index in [0.717, 1.165) is 39.3 Å². The molecule has 3 rings (SSSR count). The van der Waals surface area contributed by atoms with Gasteiger partial charge < -0.3 is 15.2 Å². The summed E-state index contributed by atoms with van der Waals surface area (Å²) in [6.45, 7) is 6.45. The summed E-state index contributed by atoms with van der Waals surface area (Å²) in [6.07, 6.45) is 1.01. The Morgan fingerprint density at radius 3 is 2.36 bits per heavy atom. The van der Waals surface area contributed by atoms with Crippen LogP contribution in [-0.4, -0.2) is 34.5 Å². The van der Waals surface area contributed by atoms with Crippen LogP contribution in [0.2, 0.25) is 0 Å². The van der Waals surface area contributed by atoms with Gasteiger partial charge in [0.2, 0.25) is 0 Å². The van der Waals surface area contributed by atoms with Crippen molar-refractivity contribution < 1.29 is 19.4 Å². The van der Waals surface area contributed by atoms with Gasteiger partial charge in [-0.2, -0.15) is 11.8 Å². The number of nitrogens with one attached hydrogen (secondary N) is 1. The highest BCUT2D eigenvalue weighted by molar-refractivity contribution is 7.99. The summed E-state index contributed by atoms with van der Waals surface area (Å²) in [4.78, 5) is 24.8. The molecule has 1 amide bonds. The molecule has 0 saturated heterocycles. The minimum absolute atomic E-state index is 0.0357. The lowest BCUT2D eigenvalue weighted by Gasteiger charge is -2.20. The van der Waals surface area contributed by atoms with Crippen molar-refractivity contribution in [3.8, 4) is 11.1 Å². The lowest BCUT2D eigenvalue weighted by molar-refractivity contribution is -0.139. The van der Waals surface area contributed by atoms with Crippen LogP contribution >= 0.6 is 11.8 Å². The van der Waals surface area contributed by atoms with Crippen molar-refractivity contribution in [3.05, 3.63) is 95.1 Å². The SMILES string of the molecule is CCCC(NC(=O)c1ccc(CO[C@@H](CSCC)c2ccccc2)cc1-c1ccccc1C)C(=O)O. The third-order valence-electron chi connectivity index (χ3n) is 6.04. The number of benzene rings is 3. The lowest BCUT2D eigenvalue weighted by Crippen LogP contribution is -2.40. The Labute approximate surface area is 218 Å². The highest BCUT2D eigenvalue weighted by Crippen LogP contribution is 2.30. The molecule has 0 aliphatic rings. The Hall–Kier alpha value is -3.09. The van der Waals surface area contributed by atoms with Gasteiger partial charge in [-0.25, -0.2) is 4.79 Å². The molecule has 2 N–H and O–H groups in total. The number of hydrogen-bond acceptors (Lipinski definition) is 4. The molecule has 36 heavy (non-hydrogen) atoms. The Morgan fingerprint density at radius 2 is 1.69 bits per heavy atom. The average Bonchev–Trinajstić information content (AvgIpc) is 2.89. The van der Waals surface area contributed by atoms with E-state index in [-0.39, 0.29) is 12.0 Å². The standard InChI is InChI=1S/C30H35NO4S/c1-4-11-27(30(33)34)31-29(32)25-17-16-22(18-26(25)24-15-10-9-12-21(24)3)19-35-28(20-36-5-2)23-13-7-6-8-14-23/h6-10,12-18,27-28H,4-5,11,19-20H2,1-3H3,(H,31,32)(H,33,34)/t27?,28-/m0/s1. The molecule has 0 saturated carbocycles. The number of amides is 1. The van der Waals surface area contributed by atoms with Crippen molar-refractivity contribution in [1.29, 1.82) is 0 Å². The summed E-state index contributed by atoms with van der Waals surface area (Å²) in [5.74, 6) is 0.468. The van der Waals surface area contributed by atoms with Gasteiger partial charge in [-0.3, -0.25) is 4.79 Å². The molecule has 5 nitrogen and oxygen atoms in total. The van der Waals surface area contributed by atoms with E-state index in [9.17, 15) is 14.7 Å². The number of carbonyl (C=O) groups excluding carboxylic acids is 1. The molecular formula is C30H35NO4S. The number of carboxylic acid groups (broad SMARTS) is 1. The van der Waals surface area contributed by atoms with Crippen molar-refractivity contribution in [2.45, 2.75) is 52.4 Å². The zero-order chi connectivity index (χ0) is 25.9. The molecule has 0 aliphatic carbocycles. The highest BCUT2D eigenvalue weighted by Gasteiger charge is 2.22. The number of rotatable bonds is 13. The molecule has 3 aromatic carbocycles. The minimum atomic E-state index is -1.02. The topological polar surface area (TPSA) is 75.6 Å². The second-order valence-corrected chi connectivity index (χ2v) is 10.0. The van der Waals surface area contributed by atoms with Crippen molar-refractivity contribution in [3.63, 3.8) is 0 Å². The first-order valence-electron chi connectivity index (χ1n) is 12.4. The summed E-state index contributed by atoms with van der Waals surface area (Å²) in [6, 6.07) is 22.8. The number of aryl methyl sites for hydroxylation is 1. The second kappa shape index (κ2) is 13.9. The maximum absolute atomic E-state index is 13.2. The van der Waals surface area contributed by atoms with Gasteiger partial charge in [0.25, 0.3) is 5.91 Å². The fourth-order valence-corrected chi connectivity index (χ4v) is 4.83. The third-order valence-corrected chi connectivity index (χ3v) is 6.99. The van der Waals surface area contributed by atoms with Gasteiger partial charge in [-0.05, 0) is 59.0 Å². The molecule has 0 aromatic heterocycles. The monoisotopic (exact) mass is 505 g/mol. The van der Waals surface area contributed by atoms with E-state index in [4.69, 9.17) is 4.74 Å². The van der Waals surface area contributed by atoms with Crippen LogP contribution in [-0.2, 0) is 16.1 Å². The lowest BCUT2D eigenvalue weighted by atomic mass is 9.93. The van der Waals surface area contributed by atoms with E-state index in [0.29, 0.717) is 25.0 Å². The number of hydrogen-bond donors (Lipinski definition) is 2. The zero-order valence-electron chi connectivity index (χ0n) is 21.2. The number of thioether (sulfide) groups is 1. The Morgan fingerprint density at radius 1 is 0.972 bits per heavy atom. The van der Waals surface area contributed by atoms with E-state index in [1.54, 1.807) is 6.07 Å². The van der Waals surface area contributed by atoms with Crippen molar-refractivity contribution in [2.24, 2.45) is 0 Å². The van der Waals surface area contributed by atoms with E-state index < -0.39 is 12.0 Å². The van der Waals surface area contributed by atoms with Crippen molar-refractivity contribution >= 4 is 23.6 Å². The van der Waals surface area contributed by atoms with Crippen LogP contribution in [0.3, 0.4) is 0 Å². The molecule has 2 atom stereocenters. The van der Waals surface area contributed by atoms with Crippen molar-refractivity contribution in [1.82, 2.24) is 5.32 Å². The molecule has 0 radical (unpaired) electrons. The predicted octanol–water partition coefficient (Wildman–Crippen LogP) is 6.66. The number of aliphatic carboxylic acids is 1. The summed E-state index contributed by atoms with van der Waals surface area (Å²) < 4.78 is 6.37. The molecule has 6 heteroatoms. The van der Waals surface area contributed by atoms with Crippen LogP contribution in [0.5, 0.6) is 0 Å². The van der Waals surface area contributed by atoms with Crippen LogP contribution in [0.4, 0.5) is 0 Å². The Balaban J connectivity index is 1.90. The maximum Gasteiger partial charge on any atom is 0.326 e. The Bertz CT molecular complexity index is 1150. The molecule has 0 bridgehead atoms. The highest BCUT2D eigenvalue weighted by atomic mass is 32.2. The summed E-state index contributed by atoms with van der Waals surface area (Å²) in [5.41, 5.74) is 5.30. The first-order valence-corrected chi connectivity index (χ1v) is 13.6. The normalized spacial score (nSPS) is 12.6. The number of carboxylic acids is 1. The maximum atomic E-state index is 13.2. The van der Waals surface area contributed by atoms with Crippen LogP contribution in [0.1, 0.15) is 59.8 Å². The van der Waals surface area contributed by atoms with Gasteiger partial charge in [0.15, 0.2) is 0 Å². The first-order chi connectivity index (χ1) is 17.4. The molecule has 0 fully saturated rings. The van der Waals surface area contributed by atoms with Gasteiger partial charge in [-0.15, -0.1) is 0 Å². The molecule has 0 heterocycles. The van der Waals surface area contributed by atoms with Gasteiger partial charge >= 0.3 is 5.97 Å². The quantitative estimate of drug-likeness (QED) is 0.272. The molecular weight excluding hydrogens is 470 g/mol. The van der Waals surface area contributed by atoms with E-state index >= 15 is 0 Å². The average molecular weight is 506 g/mol. The van der Waals surface area contributed by atoms with Crippen LogP contribution in [0.25, 0.3) is 11.1 Å². The minimum Gasteiger partial charge on any atom is -0.480 e. The largest absolute Gasteiger partial charge is 0.480 e. The van der Waals surface area contributed by atoms with Gasteiger partial charge in [0.1, 0.15) is 6.04 Å². The molecule has 0 spiro atoms. The Kier molecular flexibility index (Phi) is 10.6. The number of ether oxygens (including phenoxy) is 1. The van der Waals surface area contributed by atoms with Gasteiger partial charge in [0.05, 0.1) is 12.7 Å². The van der Waals surface area contributed by atoms with E-state index in [2.05, 4.69) is 24.4 Å². The molecule has 1 unspecified atom stereocenters. The molecule has 190 valence electrons. The third kappa shape index (κ3) is 7.45. The van der Waals surface area contributed by atoms with E-state index in [1.807, 2.05) is 80.2 Å². The predicted molar refractivity (Wildman–Crippen MR) is 147 cm³/mol. The first kappa shape index (κ1) is 27.5. The summed E-state index contributed by atoms with van der Waals surface area (Å²) in [5, 5.41) is 12.2. The summed E-state index contributed by atoms with van der Waals surface area (Å²) in [7, 11) is 0. The zero-order valence-corrected chi connectivity index (χ0v) is 22.0. The van der Waals surface area contributed by atoms with Crippen LogP contribution < -0.4 is 5.32 Å². The second-order valence-electron chi connectivity index (χ2n) is 8.72. The summed E-state index contributed by atoms with van der Waals surface area (Å²) >= 11 is 1.84. The number of carbonyl (C=O) groups is 2. The van der Waals surface area contributed by atoms with Crippen molar-refractivity contribution in [2.75, 3.05) is 11.5 Å².